The molecule has 4 rings (SSSR count). The number of fused-ring (bicyclic) bond motifs is 1. The van der Waals surface area contributed by atoms with E-state index in [9.17, 15) is 5.11 Å². The van der Waals surface area contributed by atoms with E-state index in [1.807, 2.05) is 35.2 Å². The lowest BCUT2D eigenvalue weighted by atomic mass is 9.84. The molecule has 0 bridgehead atoms. The molecule has 7 nitrogen and oxygen atoms in total. The summed E-state index contributed by atoms with van der Waals surface area (Å²) in [6.07, 6.45) is 6.40. The monoisotopic (exact) mass is 395 g/mol. The van der Waals surface area contributed by atoms with Gasteiger partial charge in [0, 0.05) is 19.7 Å². The smallest absolute Gasteiger partial charge is 0.166 e. The van der Waals surface area contributed by atoms with Gasteiger partial charge in [-0.3, -0.25) is 0 Å². The van der Waals surface area contributed by atoms with Crippen molar-refractivity contribution in [3.63, 3.8) is 0 Å². The fourth-order valence-corrected chi connectivity index (χ4v) is 4.32. The topological polar surface area (TPSA) is 76.3 Å². The number of aliphatic hydroxyl groups excluding tert-OH is 1. The normalized spacial score (nSPS) is 17.4. The van der Waals surface area contributed by atoms with E-state index in [4.69, 9.17) is 9.72 Å². The summed E-state index contributed by atoms with van der Waals surface area (Å²) in [7, 11) is 1.66. The molecule has 1 atom stereocenters. The van der Waals surface area contributed by atoms with E-state index >= 15 is 0 Å². The Bertz CT molecular complexity index is 967. The minimum atomic E-state index is -0.0588. The van der Waals surface area contributed by atoms with Gasteiger partial charge < -0.3 is 19.3 Å². The second kappa shape index (κ2) is 7.99. The number of hydrogen-bond donors (Lipinski definition) is 1. The number of ether oxygens (including phenoxy) is 1. The molecule has 3 aromatic rings. The Morgan fingerprint density at radius 3 is 2.66 bits per heavy atom. The quantitative estimate of drug-likeness (QED) is 0.689. The molecule has 1 saturated heterocycles. The summed E-state index contributed by atoms with van der Waals surface area (Å²) < 4.78 is 7.32. The van der Waals surface area contributed by atoms with Crippen LogP contribution in [0.25, 0.3) is 11.2 Å². The molecular weight excluding hydrogens is 366 g/mol. The largest absolute Gasteiger partial charge is 0.497 e. The first-order valence-corrected chi connectivity index (χ1v) is 10.2. The van der Waals surface area contributed by atoms with Crippen molar-refractivity contribution in [3.05, 3.63) is 42.5 Å². The molecule has 0 saturated carbocycles. The fourth-order valence-electron chi connectivity index (χ4n) is 4.32. The summed E-state index contributed by atoms with van der Waals surface area (Å²) in [6, 6.07) is 7.88. The number of rotatable bonds is 6. The minimum Gasteiger partial charge on any atom is -0.497 e. The Balaban J connectivity index is 1.73. The van der Waals surface area contributed by atoms with E-state index in [0.29, 0.717) is 6.42 Å². The van der Waals surface area contributed by atoms with Gasteiger partial charge in [0.05, 0.1) is 19.5 Å². The van der Waals surface area contributed by atoms with Crippen LogP contribution in [-0.2, 0) is 0 Å². The summed E-state index contributed by atoms with van der Waals surface area (Å²) >= 11 is 0. The molecule has 1 unspecified atom stereocenters. The van der Waals surface area contributed by atoms with Crippen LogP contribution >= 0.6 is 0 Å². The van der Waals surface area contributed by atoms with Crippen molar-refractivity contribution in [1.82, 2.24) is 19.5 Å². The number of aliphatic hydroxyl groups is 1. The Morgan fingerprint density at radius 2 is 1.97 bits per heavy atom. The number of methoxy groups -OCH3 is 1. The number of aromatic nitrogens is 4. The third-order valence-corrected chi connectivity index (χ3v) is 5.78. The second-order valence-electron chi connectivity index (χ2n) is 8.51. The van der Waals surface area contributed by atoms with E-state index in [1.54, 1.807) is 13.4 Å². The molecule has 0 spiro atoms. The first-order valence-electron chi connectivity index (χ1n) is 10.2. The van der Waals surface area contributed by atoms with Crippen molar-refractivity contribution >= 4 is 17.0 Å². The molecule has 154 valence electrons. The summed E-state index contributed by atoms with van der Waals surface area (Å²) in [5.74, 6) is 1.71. The van der Waals surface area contributed by atoms with Crippen LogP contribution in [0.3, 0.4) is 0 Å². The lowest BCUT2D eigenvalue weighted by molar-refractivity contribution is 0.269. The molecule has 29 heavy (non-hydrogen) atoms. The zero-order chi connectivity index (χ0) is 20.4. The van der Waals surface area contributed by atoms with Gasteiger partial charge in [-0.25, -0.2) is 15.0 Å². The number of piperidine rings is 1. The molecule has 1 aliphatic rings. The predicted octanol–water partition coefficient (Wildman–Crippen LogP) is 3.43. The van der Waals surface area contributed by atoms with Crippen molar-refractivity contribution in [2.45, 2.75) is 39.2 Å². The highest BCUT2D eigenvalue weighted by Crippen LogP contribution is 2.34. The van der Waals surface area contributed by atoms with E-state index < -0.39 is 0 Å². The van der Waals surface area contributed by atoms with Gasteiger partial charge in [-0.1, -0.05) is 26.0 Å². The lowest BCUT2D eigenvalue weighted by Gasteiger charge is -2.38. The maximum atomic E-state index is 9.69. The molecule has 0 aliphatic carbocycles. The predicted molar refractivity (Wildman–Crippen MR) is 113 cm³/mol. The van der Waals surface area contributed by atoms with Gasteiger partial charge in [0.15, 0.2) is 17.0 Å². The van der Waals surface area contributed by atoms with Crippen LogP contribution in [0.2, 0.25) is 0 Å². The Hall–Kier alpha value is -2.67. The van der Waals surface area contributed by atoms with Gasteiger partial charge in [0.1, 0.15) is 12.1 Å². The average molecular weight is 396 g/mol. The van der Waals surface area contributed by atoms with Gasteiger partial charge in [0.25, 0.3) is 0 Å². The van der Waals surface area contributed by atoms with Crippen molar-refractivity contribution in [2.24, 2.45) is 5.41 Å². The number of imidazole rings is 1. The van der Waals surface area contributed by atoms with Crippen LogP contribution in [0.5, 0.6) is 5.75 Å². The molecule has 1 fully saturated rings. The molecule has 3 heterocycles. The maximum Gasteiger partial charge on any atom is 0.166 e. The van der Waals surface area contributed by atoms with Crippen LogP contribution in [0.4, 0.5) is 5.82 Å². The zero-order valence-electron chi connectivity index (χ0n) is 17.4. The molecule has 7 heteroatoms. The molecule has 0 radical (unpaired) electrons. The average Bonchev–Trinajstić information content (AvgIpc) is 3.15. The van der Waals surface area contributed by atoms with Crippen molar-refractivity contribution in [1.29, 1.82) is 0 Å². The number of nitrogens with zero attached hydrogens (tertiary/aromatic N) is 5. The molecule has 2 aromatic heterocycles. The highest BCUT2D eigenvalue weighted by molar-refractivity contribution is 5.83. The van der Waals surface area contributed by atoms with Gasteiger partial charge in [-0.15, -0.1) is 0 Å². The first-order chi connectivity index (χ1) is 14.0. The van der Waals surface area contributed by atoms with Gasteiger partial charge >= 0.3 is 0 Å². The number of hydrogen-bond acceptors (Lipinski definition) is 6. The number of anilines is 1. The molecule has 1 aromatic carbocycles. The zero-order valence-corrected chi connectivity index (χ0v) is 17.4. The molecule has 1 N–H and O–H groups in total. The minimum absolute atomic E-state index is 0.0588. The van der Waals surface area contributed by atoms with Crippen molar-refractivity contribution in [2.75, 3.05) is 31.7 Å². The van der Waals surface area contributed by atoms with E-state index in [-0.39, 0.29) is 18.1 Å². The molecular formula is C22H29N5O2. The molecule has 0 amide bonds. The van der Waals surface area contributed by atoms with Crippen LogP contribution < -0.4 is 9.64 Å². The summed E-state index contributed by atoms with van der Waals surface area (Å²) in [5, 5.41) is 9.69. The lowest BCUT2D eigenvalue weighted by Crippen LogP contribution is -2.40. The highest BCUT2D eigenvalue weighted by Gasteiger charge is 2.29. The fraction of sp³-hybridized carbons (Fsp3) is 0.500. The SMILES string of the molecule is COc1ccc(C(CCO)n2cnc3c(N4CCCC(C)(C)C4)ncnc32)cc1. The third kappa shape index (κ3) is 3.92. The Kier molecular flexibility index (Phi) is 5.41. The van der Waals surface area contributed by atoms with Crippen LogP contribution in [0, 0.1) is 5.41 Å². The van der Waals surface area contributed by atoms with Crippen LogP contribution in [0.15, 0.2) is 36.9 Å². The maximum absolute atomic E-state index is 9.69. The highest BCUT2D eigenvalue weighted by atomic mass is 16.5. The van der Waals surface area contributed by atoms with E-state index in [2.05, 4.69) is 28.7 Å². The van der Waals surface area contributed by atoms with Crippen molar-refractivity contribution in [3.8, 4) is 5.75 Å². The second-order valence-corrected chi connectivity index (χ2v) is 8.51. The van der Waals surface area contributed by atoms with Crippen molar-refractivity contribution < 1.29 is 9.84 Å². The summed E-state index contributed by atoms with van der Waals surface area (Å²) in [4.78, 5) is 16.2. The standard InChI is InChI=1S/C22H29N5O2/c1-22(2)10-4-11-26(13-22)20-19-21(24-14-23-20)27(15-25-19)18(9-12-28)16-5-7-17(29-3)8-6-16/h5-8,14-15,18,28H,4,9-13H2,1-3H3. The van der Waals surface area contributed by atoms with Crippen LogP contribution in [0.1, 0.15) is 44.7 Å². The van der Waals surface area contributed by atoms with Gasteiger partial charge in [-0.2, -0.15) is 0 Å². The van der Waals surface area contributed by atoms with Gasteiger partial charge in [-0.05, 0) is 42.4 Å². The number of benzene rings is 1. The first kappa shape index (κ1) is 19.6. The Labute approximate surface area is 171 Å². The van der Waals surface area contributed by atoms with Crippen LogP contribution in [-0.4, -0.2) is 51.4 Å². The Morgan fingerprint density at radius 1 is 1.17 bits per heavy atom. The van der Waals surface area contributed by atoms with E-state index in [0.717, 1.165) is 47.8 Å². The molecule has 1 aliphatic heterocycles. The summed E-state index contributed by atoms with van der Waals surface area (Å²) in [5.41, 5.74) is 2.97. The van der Waals surface area contributed by atoms with E-state index in [1.165, 1.54) is 6.42 Å². The third-order valence-electron chi connectivity index (χ3n) is 5.78. The van der Waals surface area contributed by atoms with Gasteiger partial charge in [0.2, 0.25) is 0 Å². The summed E-state index contributed by atoms with van der Waals surface area (Å²) in [6.45, 7) is 6.63.